The fourth-order valence-electron chi connectivity index (χ4n) is 5.63. The average Bonchev–Trinajstić information content (AvgIpc) is 3.35. The predicted octanol–water partition coefficient (Wildman–Crippen LogP) is 1.77. The van der Waals surface area contributed by atoms with Gasteiger partial charge in [-0.2, -0.15) is 0 Å². The molecule has 3 heterocycles. The van der Waals surface area contributed by atoms with E-state index in [9.17, 15) is 14.4 Å². The minimum atomic E-state index is -0.810. The zero-order valence-corrected chi connectivity index (χ0v) is 18.8. The SMILES string of the molecule is C[C@H]1CCCC[C@]12NC(=O)N(CC(=O)N1CCN(Cc3ccc4c(c3)CCO4)CC1)C2=O. The Labute approximate surface area is 188 Å². The van der Waals surface area contributed by atoms with Crippen LogP contribution in [-0.2, 0) is 22.6 Å². The highest BCUT2D eigenvalue weighted by Crippen LogP contribution is 2.38. The first-order valence-electron chi connectivity index (χ1n) is 11.8. The van der Waals surface area contributed by atoms with Crippen molar-refractivity contribution >= 4 is 17.8 Å². The van der Waals surface area contributed by atoms with Gasteiger partial charge in [0.15, 0.2) is 0 Å². The van der Waals surface area contributed by atoms with E-state index in [0.29, 0.717) is 19.5 Å². The third-order valence-electron chi connectivity index (χ3n) is 7.68. The van der Waals surface area contributed by atoms with Crippen molar-refractivity contribution in [3.05, 3.63) is 29.3 Å². The highest BCUT2D eigenvalue weighted by Gasteiger charge is 2.55. The second-order valence-corrected chi connectivity index (χ2v) is 9.64. The molecular formula is C24H32N4O4. The molecule has 32 heavy (non-hydrogen) atoms. The second-order valence-electron chi connectivity index (χ2n) is 9.64. The maximum Gasteiger partial charge on any atom is 0.325 e. The number of imide groups is 1. The smallest absolute Gasteiger partial charge is 0.325 e. The van der Waals surface area contributed by atoms with Gasteiger partial charge in [-0.3, -0.25) is 19.4 Å². The van der Waals surface area contributed by atoms with Crippen LogP contribution in [0.15, 0.2) is 18.2 Å². The summed E-state index contributed by atoms with van der Waals surface area (Å²) in [5.74, 6) is 0.724. The lowest BCUT2D eigenvalue weighted by Gasteiger charge is -2.37. The molecule has 3 aliphatic heterocycles. The summed E-state index contributed by atoms with van der Waals surface area (Å²) < 4.78 is 5.58. The Bertz CT molecular complexity index is 927. The zero-order chi connectivity index (χ0) is 22.3. The Hall–Kier alpha value is -2.61. The van der Waals surface area contributed by atoms with Crippen molar-refractivity contribution in [1.29, 1.82) is 0 Å². The lowest BCUT2D eigenvalue weighted by molar-refractivity contribution is -0.141. The topological polar surface area (TPSA) is 82.2 Å². The molecule has 4 amide bonds. The molecule has 2 saturated heterocycles. The maximum atomic E-state index is 13.1. The molecule has 3 fully saturated rings. The van der Waals surface area contributed by atoms with Crippen LogP contribution in [0.25, 0.3) is 0 Å². The van der Waals surface area contributed by atoms with E-state index in [2.05, 4.69) is 28.4 Å². The van der Waals surface area contributed by atoms with Gasteiger partial charge in [-0.15, -0.1) is 0 Å². The van der Waals surface area contributed by atoms with E-state index in [1.54, 1.807) is 4.90 Å². The number of ether oxygens (including phenoxy) is 1. The summed E-state index contributed by atoms with van der Waals surface area (Å²) in [6.07, 6.45) is 4.56. The number of carbonyl (C=O) groups excluding carboxylic acids is 3. The van der Waals surface area contributed by atoms with Crippen molar-refractivity contribution in [2.75, 3.05) is 39.3 Å². The summed E-state index contributed by atoms with van der Waals surface area (Å²) in [5.41, 5.74) is 1.73. The summed E-state index contributed by atoms with van der Waals surface area (Å²) in [5, 5.41) is 2.93. The third kappa shape index (κ3) is 3.74. The van der Waals surface area contributed by atoms with Gasteiger partial charge >= 0.3 is 6.03 Å². The van der Waals surface area contributed by atoms with Gasteiger partial charge in [0, 0.05) is 39.1 Å². The van der Waals surface area contributed by atoms with Crippen LogP contribution in [-0.4, -0.2) is 77.4 Å². The Morgan fingerprint density at radius 2 is 2.00 bits per heavy atom. The normalized spacial score (nSPS) is 28.1. The largest absolute Gasteiger partial charge is 0.493 e. The molecular weight excluding hydrogens is 408 g/mol. The van der Waals surface area contributed by atoms with Crippen LogP contribution in [0.2, 0.25) is 0 Å². The molecule has 1 N–H and O–H groups in total. The average molecular weight is 441 g/mol. The number of hydrogen-bond donors (Lipinski definition) is 1. The van der Waals surface area contributed by atoms with Crippen molar-refractivity contribution in [1.82, 2.24) is 20.0 Å². The molecule has 5 rings (SSSR count). The lowest BCUT2D eigenvalue weighted by Crippen LogP contribution is -2.54. The molecule has 1 aliphatic carbocycles. The van der Waals surface area contributed by atoms with Crippen LogP contribution in [0.5, 0.6) is 5.75 Å². The molecule has 172 valence electrons. The molecule has 0 bridgehead atoms. The summed E-state index contributed by atoms with van der Waals surface area (Å²) >= 11 is 0. The first kappa shape index (κ1) is 21.2. The summed E-state index contributed by atoms with van der Waals surface area (Å²) in [6.45, 7) is 6.25. The van der Waals surface area contributed by atoms with E-state index < -0.39 is 11.6 Å². The minimum Gasteiger partial charge on any atom is -0.493 e. The highest BCUT2D eigenvalue weighted by molar-refractivity contribution is 6.09. The van der Waals surface area contributed by atoms with Gasteiger partial charge < -0.3 is 15.0 Å². The third-order valence-corrected chi connectivity index (χ3v) is 7.68. The Kier molecular flexibility index (Phi) is 5.57. The molecule has 4 aliphatic rings. The van der Waals surface area contributed by atoms with E-state index in [1.807, 2.05) is 6.92 Å². The Morgan fingerprint density at radius 3 is 2.78 bits per heavy atom. The van der Waals surface area contributed by atoms with Crippen molar-refractivity contribution in [2.45, 2.75) is 51.1 Å². The molecule has 0 aromatic heterocycles. The van der Waals surface area contributed by atoms with Crippen LogP contribution >= 0.6 is 0 Å². The van der Waals surface area contributed by atoms with Crippen molar-refractivity contribution < 1.29 is 19.1 Å². The standard InChI is InChI=1S/C24H32N4O4/c1-17-4-2-3-8-24(17)22(30)28(23(31)25-24)16-21(29)27-11-9-26(10-12-27)15-18-5-6-20-19(14-18)7-13-32-20/h5-6,14,17H,2-4,7-13,15-16H2,1H3,(H,25,31)/t17-,24-/m0/s1. The fraction of sp³-hybridized carbons (Fsp3) is 0.625. The number of fused-ring (bicyclic) bond motifs is 1. The van der Waals surface area contributed by atoms with E-state index in [-0.39, 0.29) is 24.3 Å². The second kappa shape index (κ2) is 8.39. The molecule has 0 radical (unpaired) electrons. The summed E-state index contributed by atoms with van der Waals surface area (Å²) in [6, 6.07) is 5.97. The minimum absolute atomic E-state index is 0.0992. The molecule has 8 heteroatoms. The van der Waals surface area contributed by atoms with Crippen LogP contribution in [0.1, 0.15) is 43.7 Å². The highest BCUT2D eigenvalue weighted by atomic mass is 16.5. The van der Waals surface area contributed by atoms with Gasteiger partial charge in [-0.05, 0) is 36.0 Å². The number of rotatable bonds is 4. The van der Waals surface area contributed by atoms with Crippen LogP contribution in [0.4, 0.5) is 4.79 Å². The maximum absolute atomic E-state index is 13.1. The number of nitrogens with one attached hydrogen (secondary N) is 1. The van der Waals surface area contributed by atoms with Crippen molar-refractivity contribution in [3.8, 4) is 5.75 Å². The van der Waals surface area contributed by atoms with Gasteiger partial charge in [-0.25, -0.2) is 4.79 Å². The van der Waals surface area contributed by atoms with Crippen LogP contribution < -0.4 is 10.1 Å². The lowest BCUT2D eigenvalue weighted by atomic mass is 9.73. The molecule has 1 saturated carbocycles. The van der Waals surface area contributed by atoms with Crippen LogP contribution in [0.3, 0.4) is 0 Å². The molecule has 1 spiro atoms. The summed E-state index contributed by atoms with van der Waals surface area (Å²) in [4.78, 5) is 43.9. The van der Waals surface area contributed by atoms with Gasteiger partial charge in [0.25, 0.3) is 5.91 Å². The predicted molar refractivity (Wildman–Crippen MR) is 118 cm³/mol. The van der Waals surface area contributed by atoms with E-state index >= 15 is 0 Å². The van der Waals surface area contributed by atoms with E-state index in [4.69, 9.17) is 4.74 Å². The molecule has 8 nitrogen and oxygen atoms in total. The van der Waals surface area contributed by atoms with Crippen molar-refractivity contribution in [2.24, 2.45) is 5.92 Å². The number of nitrogens with zero attached hydrogens (tertiary/aromatic N) is 3. The molecule has 0 unspecified atom stereocenters. The Morgan fingerprint density at radius 1 is 1.19 bits per heavy atom. The number of benzene rings is 1. The monoisotopic (exact) mass is 440 g/mol. The number of piperazine rings is 1. The van der Waals surface area contributed by atoms with E-state index in [0.717, 1.165) is 62.6 Å². The molecule has 2 atom stereocenters. The quantitative estimate of drug-likeness (QED) is 0.722. The number of carbonyl (C=O) groups is 3. The van der Waals surface area contributed by atoms with Crippen LogP contribution in [0, 0.1) is 5.92 Å². The van der Waals surface area contributed by atoms with Gasteiger partial charge in [0.1, 0.15) is 17.8 Å². The number of hydrogen-bond acceptors (Lipinski definition) is 5. The zero-order valence-electron chi connectivity index (χ0n) is 18.8. The van der Waals surface area contributed by atoms with E-state index in [1.165, 1.54) is 11.1 Å². The van der Waals surface area contributed by atoms with Gasteiger partial charge in [0.2, 0.25) is 5.91 Å². The fourth-order valence-corrected chi connectivity index (χ4v) is 5.63. The molecule has 1 aromatic carbocycles. The first-order chi connectivity index (χ1) is 15.5. The van der Waals surface area contributed by atoms with Gasteiger partial charge in [0.05, 0.1) is 6.61 Å². The summed E-state index contributed by atoms with van der Waals surface area (Å²) in [7, 11) is 0. The molecule has 1 aromatic rings. The van der Waals surface area contributed by atoms with Crippen molar-refractivity contribution in [3.63, 3.8) is 0 Å². The Balaban J connectivity index is 1.15. The van der Waals surface area contributed by atoms with Gasteiger partial charge in [-0.1, -0.05) is 31.9 Å². The number of amides is 4. The first-order valence-corrected chi connectivity index (χ1v) is 11.8. The number of urea groups is 1.